The van der Waals surface area contributed by atoms with E-state index < -0.39 is 0 Å². The van der Waals surface area contributed by atoms with Crippen molar-refractivity contribution in [3.63, 3.8) is 0 Å². The SMILES string of the molecule is COc1ccc(OC)c2[nH]c(=O)c(CC#N)cc12. The van der Waals surface area contributed by atoms with Gasteiger partial charge in [-0.25, -0.2) is 0 Å². The van der Waals surface area contributed by atoms with Crippen molar-refractivity contribution in [2.75, 3.05) is 14.2 Å². The molecule has 1 aromatic heterocycles. The van der Waals surface area contributed by atoms with Crippen LogP contribution in [-0.2, 0) is 6.42 Å². The summed E-state index contributed by atoms with van der Waals surface area (Å²) in [6.45, 7) is 0. The van der Waals surface area contributed by atoms with Gasteiger partial charge in [0.1, 0.15) is 11.5 Å². The largest absolute Gasteiger partial charge is 0.496 e. The third kappa shape index (κ3) is 1.89. The second kappa shape index (κ2) is 4.80. The van der Waals surface area contributed by atoms with E-state index in [1.807, 2.05) is 6.07 Å². The quantitative estimate of drug-likeness (QED) is 0.890. The van der Waals surface area contributed by atoms with Crippen LogP contribution in [-0.4, -0.2) is 19.2 Å². The van der Waals surface area contributed by atoms with Crippen molar-refractivity contribution in [3.05, 3.63) is 34.1 Å². The van der Waals surface area contributed by atoms with Crippen LogP contribution < -0.4 is 15.0 Å². The minimum atomic E-state index is -0.282. The van der Waals surface area contributed by atoms with Crippen molar-refractivity contribution in [3.8, 4) is 17.6 Å². The molecule has 0 aliphatic rings. The highest BCUT2D eigenvalue weighted by atomic mass is 16.5. The molecule has 1 aromatic carbocycles. The molecule has 1 N–H and O–H groups in total. The number of rotatable bonds is 3. The first-order chi connectivity index (χ1) is 8.71. The fraction of sp³-hybridized carbons (Fsp3) is 0.231. The number of benzene rings is 1. The van der Waals surface area contributed by atoms with Gasteiger partial charge in [0.2, 0.25) is 0 Å². The molecule has 92 valence electrons. The summed E-state index contributed by atoms with van der Waals surface area (Å²) in [5.41, 5.74) is 0.704. The second-order valence-corrected chi connectivity index (χ2v) is 3.72. The van der Waals surface area contributed by atoms with Gasteiger partial charge >= 0.3 is 0 Å². The van der Waals surface area contributed by atoms with E-state index in [0.717, 1.165) is 5.39 Å². The maximum atomic E-state index is 11.8. The zero-order valence-electron chi connectivity index (χ0n) is 10.1. The third-order valence-corrected chi connectivity index (χ3v) is 2.73. The Hall–Kier alpha value is -2.48. The molecule has 0 aliphatic carbocycles. The number of fused-ring (bicyclic) bond motifs is 1. The van der Waals surface area contributed by atoms with Crippen LogP contribution in [0.1, 0.15) is 5.56 Å². The van der Waals surface area contributed by atoms with Gasteiger partial charge in [-0.2, -0.15) is 5.26 Å². The number of aromatic amines is 1. The normalized spacial score (nSPS) is 10.1. The fourth-order valence-corrected chi connectivity index (χ4v) is 1.85. The van der Waals surface area contributed by atoms with Crippen molar-refractivity contribution in [1.29, 1.82) is 5.26 Å². The number of methoxy groups -OCH3 is 2. The average molecular weight is 244 g/mol. The molecule has 0 bridgehead atoms. The first-order valence-corrected chi connectivity index (χ1v) is 5.35. The number of pyridine rings is 1. The van der Waals surface area contributed by atoms with E-state index in [2.05, 4.69) is 4.98 Å². The molecule has 0 saturated carbocycles. The lowest BCUT2D eigenvalue weighted by molar-refractivity contribution is 0.409. The molecule has 0 unspecified atom stereocenters. The zero-order valence-corrected chi connectivity index (χ0v) is 10.1. The van der Waals surface area contributed by atoms with Gasteiger partial charge < -0.3 is 14.5 Å². The first-order valence-electron chi connectivity index (χ1n) is 5.35. The van der Waals surface area contributed by atoms with Crippen LogP contribution in [0.15, 0.2) is 23.0 Å². The molecule has 2 rings (SSSR count). The number of nitrogens with one attached hydrogen (secondary N) is 1. The van der Waals surface area contributed by atoms with Crippen LogP contribution in [0.2, 0.25) is 0 Å². The molecule has 5 nitrogen and oxygen atoms in total. The van der Waals surface area contributed by atoms with Crippen LogP contribution in [0.25, 0.3) is 10.9 Å². The van der Waals surface area contributed by atoms with Gasteiger partial charge in [-0.05, 0) is 18.2 Å². The smallest absolute Gasteiger partial charge is 0.252 e. The minimum Gasteiger partial charge on any atom is -0.496 e. The van der Waals surface area contributed by atoms with Gasteiger partial charge in [0, 0.05) is 10.9 Å². The van der Waals surface area contributed by atoms with E-state index in [1.165, 1.54) is 7.11 Å². The van der Waals surface area contributed by atoms with Gasteiger partial charge in [-0.15, -0.1) is 0 Å². The van der Waals surface area contributed by atoms with Crippen LogP contribution in [0.5, 0.6) is 11.5 Å². The van der Waals surface area contributed by atoms with Gasteiger partial charge in [-0.1, -0.05) is 0 Å². The molecule has 1 heterocycles. The number of H-pyrrole nitrogens is 1. The van der Waals surface area contributed by atoms with E-state index in [-0.39, 0.29) is 12.0 Å². The van der Waals surface area contributed by atoms with Gasteiger partial charge in [0.25, 0.3) is 5.56 Å². The Bertz CT molecular complexity index is 683. The predicted octanol–water partition coefficient (Wildman–Crippen LogP) is 1.61. The summed E-state index contributed by atoms with van der Waals surface area (Å²) < 4.78 is 10.4. The Kier molecular flexibility index (Phi) is 3.20. The summed E-state index contributed by atoms with van der Waals surface area (Å²) in [6, 6.07) is 7.11. The van der Waals surface area contributed by atoms with Crippen molar-refractivity contribution >= 4 is 10.9 Å². The zero-order chi connectivity index (χ0) is 13.1. The number of ether oxygens (including phenoxy) is 2. The van der Waals surface area contributed by atoms with Crippen molar-refractivity contribution in [2.45, 2.75) is 6.42 Å². The van der Waals surface area contributed by atoms with Crippen LogP contribution >= 0.6 is 0 Å². The summed E-state index contributed by atoms with van der Waals surface area (Å²) in [7, 11) is 3.08. The minimum absolute atomic E-state index is 0.0611. The van der Waals surface area contributed by atoms with E-state index in [4.69, 9.17) is 14.7 Å². The number of aromatic nitrogens is 1. The van der Waals surface area contributed by atoms with E-state index >= 15 is 0 Å². The number of nitrogens with zero attached hydrogens (tertiary/aromatic N) is 1. The summed E-state index contributed by atoms with van der Waals surface area (Å²) in [6.07, 6.45) is 0.0611. The summed E-state index contributed by atoms with van der Waals surface area (Å²) >= 11 is 0. The molecule has 5 heteroatoms. The van der Waals surface area contributed by atoms with Crippen LogP contribution in [0, 0.1) is 11.3 Å². The monoisotopic (exact) mass is 244 g/mol. The Labute approximate surface area is 104 Å². The molecule has 0 aliphatic heterocycles. The lowest BCUT2D eigenvalue weighted by atomic mass is 10.1. The Morgan fingerprint density at radius 2 is 1.94 bits per heavy atom. The Morgan fingerprint density at radius 3 is 2.56 bits per heavy atom. The van der Waals surface area contributed by atoms with Crippen molar-refractivity contribution in [1.82, 2.24) is 4.98 Å². The van der Waals surface area contributed by atoms with Crippen LogP contribution in [0.4, 0.5) is 0 Å². The number of hydrogen-bond donors (Lipinski definition) is 1. The van der Waals surface area contributed by atoms with Crippen molar-refractivity contribution in [2.24, 2.45) is 0 Å². The lowest BCUT2D eigenvalue weighted by Crippen LogP contribution is -2.12. The Morgan fingerprint density at radius 1 is 1.28 bits per heavy atom. The molecule has 0 spiro atoms. The third-order valence-electron chi connectivity index (χ3n) is 2.73. The van der Waals surface area contributed by atoms with Gasteiger partial charge in [-0.3, -0.25) is 4.79 Å². The molecule has 18 heavy (non-hydrogen) atoms. The maximum Gasteiger partial charge on any atom is 0.252 e. The maximum absolute atomic E-state index is 11.8. The lowest BCUT2D eigenvalue weighted by Gasteiger charge is -2.10. The fourth-order valence-electron chi connectivity index (χ4n) is 1.85. The second-order valence-electron chi connectivity index (χ2n) is 3.72. The summed E-state index contributed by atoms with van der Waals surface area (Å²) in [5.74, 6) is 1.19. The van der Waals surface area contributed by atoms with Crippen LogP contribution in [0.3, 0.4) is 0 Å². The molecule has 0 fully saturated rings. The molecule has 0 radical (unpaired) electrons. The molecular formula is C13H12N2O3. The Balaban J connectivity index is 2.82. The molecule has 2 aromatic rings. The number of hydrogen-bond acceptors (Lipinski definition) is 4. The highest BCUT2D eigenvalue weighted by Gasteiger charge is 2.11. The molecule has 0 amide bonds. The standard InChI is InChI=1S/C13H12N2O3/c1-17-10-3-4-11(18-2)12-9(10)7-8(5-6-14)13(16)15-12/h3-4,7H,5H2,1-2H3,(H,15,16). The topological polar surface area (TPSA) is 75.1 Å². The van der Waals surface area contributed by atoms with Gasteiger partial charge in [0.05, 0.1) is 32.2 Å². The van der Waals surface area contributed by atoms with E-state index in [1.54, 1.807) is 25.3 Å². The highest BCUT2D eigenvalue weighted by molar-refractivity contribution is 5.90. The van der Waals surface area contributed by atoms with Crippen molar-refractivity contribution < 1.29 is 9.47 Å². The van der Waals surface area contributed by atoms with Gasteiger partial charge in [0.15, 0.2) is 0 Å². The predicted molar refractivity (Wildman–Crippen MR) is 67.0 cm³/mol. The molecule has 0 atom stereocenters. The summed E-state index contributed by atoms with van der Waals surface area (Å²) in [5, 5.41) is 9.41. The summed E-state index contributed by atoms with van der Waals surface area (Å²) in [4.78, 5) is 14.5. The average Bonchev–Trinajstić information content (AvgIpc) is 2.39. The highest BCUT2D eigenvalue weighted by Crippen LogP contribution is 2.31. The first kappa shape index (κ1) is 12.0. The number of nitriles is 1. The van der Waals surface area contributed by atoms with E-state index in [0.29, 0.717) is 22.6 Å². The molecule has 0 saturated heterocycles. The molecular weight excluding hydrogens is 232 g/mol. The van der Waals surface area contributed by atoms with E-state index in [9.17, 15) is 4.79 Å².